The van der Waals surface area contributed by atoms with Crippen LogP contribution in [0.15, 0.2) is 48.8 Å². The molecule has 1 atom stereocenters. The second kappa shape index (κ2) is 7.29. The van der Waals surface area contributed by atoms with Crippen molar-refractivity contribution < 1.29 is 4.79 Å². The van der Waals surface area contributed by atoms with E-state index in [1.54, 1.807) is 11.3 Å². The normalized spacial score (nSPS) is 17.3. The fourth-order valence-electron chi connectivity index (χ4n) is 3.22. The van der Waals surface area contributed by atoms with E-state index < -0.39 is 0 Å². The molecule has 1 aliphatic rings. The summed E-state index contributed by atoms with van der Waals surface area (Å²) in [4.78, 5) is 14.9. The van der Waals surface area contributed by atoms with Crippen molar-refractivity contribution in [1.82, 2.24) is 14.8 Å². The number of nitrogens with one attached hydrogen (secondary N) is 1. The Morgan fingerprint density at radius 2 is 1.92 bits per heavy atom. The van der Waals surface area contributed by atoms with Gasteiger partial charge in [0.1, 0.15) is 0 Å². The summed E-state index contributed by atoms with van der Waals surface area (Å²) in [5.41, 5.74) is 1.97. The van der Waals surface area contributed by atoms with Gasteiger partial charge >= 0.3 is 0 Å². The van der Waals surface area contributed by atoms with Gasteiger partial charge in [0.15, 0.2) is 0 Å². The molecule has 1 fully saturated rings. The smallest absolute Gasteiger partial charge is 0.229 e. The van der Waals surface area contributed by atoms with E-state index in [9.17, 15) is 4.79 Å². The first-order valence-electron chi connectivity index (χ1n) is 8.79. The average Bonchev–Trinajstić information content (AvgIpc) is 3.35. The van der Waals surface area contributed by atoms with Crippen LogP contribution in [0.2, 0.25) is 0 Å². The zero-order valence-corrected chi connectivity index (χ0v) is 15.4. The molecule has 4 rings (SSSR count). The second-order valence-electron chi connectivity index (χ2n) is 6.55. The van der Waals surface area contributed by atoms with Crippen LogP contribution in [0.5, 0.6) is 0 Å². The summed E-state index contributed by atoms with van der Waals surface area (Å²) in [6.07, 6.45) is 5.79. The number of anilines is 2. The second-order valence-corrected chi connectivity index (χ2v) is 7.48. The van der Waals surface area contributed by atoms with Gasteiger partial charge in [-0.05, 0) is 43.5 Å². The Morgan fingerprint density at radius 3 is 2.73 bits per heavy atom. The molecule has 0 bridgehead atoms. The van der Waals surface area contributed by atoms with Crippen molar-refractivity contribution in [3.63, 3.8) is 0 Å². The summed E-state index contributed by atoms with van der Waals surface area (Å²) >= 11 is 1.55. The van der Waals surface area contributed by atoms with Crippen LogP contribution in [0.25, 0.3) is 5.13 Å². The summed E-state index contributed by atoms with van der Waals surface area (Å²) in [7, 11) is 0. The highest BCUT2D eigenvalue weighted by Gasteiger charge is 2.28. The molecule has 3 aromatic rings. The maximum Gasteiger partial charge on any atom is 0.229 e. The lowest BCUT2D eigenvalue weighted by Gasteiger charge is -2.31. The molecule has 0 radical (unpaired) electrons. The number of carbonyl (C=O) groups excluding carboxylic acids is 1. The lowest BCUT2D eigenvalue weighted by molar-refractivity contribution is -0.120. The lowest BCUT2D eigenvalue weighted by atomic mass is 9.97. The molecule has 0 aliphatic carbocycles. The molecular formula is C19H21N5OS. The van der Waals surface area contributed by atoms with Gasteiger partial charge < -0.3 is 10.2 Å². The number of amides is 1. The van der Waals surface area contributed by atoms with Gasteiger partial charge in [0, 0.05) is 31.2 Å². The summed E-state index contributed by atoms with van der Waals surface area (Å²) in [6.45, 7) is 3.60. The van der Waals surface area contributed by atoms with Crippen LogP contribution >= 0.6 is 11.3 Å². The van der Waals surface area contributed by atoms with E-state index in [0.29, 0.717) is 6.54 Å². The Hall–Kier alpha value is -2.67. The molecule has 2 aromatic heterocycles. The number of rotatable bonds is 4. The minimum atomic E-state index is -0.0396. The van der Waals surface area contributed by atoms with Crippen LogP contribution in [-0.2, 0) is 4.79 Å². The van der Waals surface area contributed by atoms with E-state index in [0.717, 1.165) is 40.9 Å². The van der Waals surface area contributed by atoms with Gasteiger partial charge in [-0.1, -0.05) is 29.5 Å². The van der Waals surface area contributed by atoms with Crippen molar-refractivity contribution in [3.8, 4) is 5.13 Å². The third-order valence-corrected chi connectivity index (χ3v) is 5.69. The fourth-order valence-corrected chi connectivity index (χ4v) is 4.06. The monoisotopic (exact) mass is 367 g/mol. The average molecular weight is 367 g/mol. The number of hydrogen-bond donors (Lipinski definition) is 1. The molecule has 1 aromatic carbocycles. The van der Waals surface area contributed by atoms with E-state index in [1.807, 2.05) is 60.3 Å². The lowest BCUT2D eigenvalue weighted by Crippen LogP contribution is -2.40. The van der Waals surface area contributed by atoms with Crippen LogP contribution in [0.1, 0.15) is 18.4 Å². The Balaban J connectivity index is 1.44. The van der Waals surface area contributed by atoms with Gasteiger partial charge in [-0.25, -0.2) is 0 Å². The fraction of sp³-hybridized carbons (Fsp3) is 0.316. The Bertz CT molecular complexity index is 889. The molecule has 26 heavy (non-hydrogen) atoms. The van der Waals surface area contributed by atoms with Crippen molar-refractivity contribution in [2.45, 2.75) is 19.8 Å². The third-order valence-electron chi connectivity index (χ3n) is 4.69. The van der Waals surface area contributed by atoms with Gasteiger partial charge in [-0.3, -0.25) is 9.36 Å². The zero-order valence-electron chi connectivity index (χ0n) is 14.6. The maximum atomic E-state index is 12.7. The summed E-state index contributed by atoms with van der Waals surface area (Å²) < 4.78 is 1.95. The largest absolute Gasteiger partial charge is 0.346 e. The van der Waals surface area contributed by atoms with Crippen LogP contribution < -0.4 is 10.2 Å². The van der Waals surface area contributed by atoms with Gasteiger partial charge in [0.2, 0.25) is 16.2 Å². The molecule has 1 saturated heterocycles. The minimum absolute atomic E-state index is 0.0396. The minimum Gasteiger partial charge on any atom is -0.346 e. The molecule has 3 heterocycles. The van der Waals surface area contributed by atoms with Crippen LogP contribution in [-0.4, -0.2) is 33.8 Å². The van der Waals surface area contributed by atoms with E-state index in [-0.39, 0.29) is 11.8 Å². The number of para-hydroxylation sites is 1. The van der Waals surface area contributed by atoms with Crippen molar-refractivity contribution >= 4 is 28.1 Å². The number of carbonyl (C=O) groups is 1. The maximum absolute atomic E-state index is 12.7. The molecule has 1 amide bonds. The molecular weight excluding hydrogens is 346 g/mol. The Kier molecular flexibility index (Phi) is 4.71. The van der Waals surface area contributed by atoms with E-state index in [4.69, 9.17) is 0 Å². The highest BCUT2D eigenvalue weighted by molar-refractivity contribution is 7.17. The Labute approximate surface area is 156 Å². The SMILES string of the molecule is Cc1ccccc1NC(=O)C1CCCN(c2nnc(-n3cccc3)s2)C1. The predicted molar refractivity (Wildman–Crippen MR) is 104 cm³/mol. The molecule has 1 unspecified atom stereocenters. The Morgan fingerprint density at radius 1 is 1.15 bits per heavy atom. The summed E-state index contributed by atoms with van der Waals surface area (Å²) in [6, 6.07) is 11.8. The highest BCUT2D eigenvalue weighted by Crippen LogP contribution is 2.28. The number of piperidine rings is 1. The van der Waals surface area contributed by atoms with E-state index in [1.165, 1.54) is 0 Å². The number of aryl methyl sites for hydroxylation is 1. The molecule has 1 aliphatic heterocycles. The number of benzene rings is 1. The number of hydrogen-bond acceptors (Lipinski definition) is 5. The van der Waals surface area contributed by atoms with E-state index >= 15 is 0 Å². The molecule has 0 spiro atoms. The number of nitrogens with zero attached hydrogens (tertiary/aromatic N) is 4. The van der Waals surface area contributed by atoms with Gasteiger partial charge in [0.05, 0.1) is 5.92 Å². The zero-order chi connectivity index (χ0) is 17.9. The van der Waals surface area contributed by atoms with Crippen LogP contribution in [0.4, 0.5) is 10.8 Å². The molecule has 0 saturated carbocycles. The first kappa shape index (κ1) is 16.8. The van der Waals surface area contributed by atoms with E-state index in [2.05, 4.69) is 20.4 Å². The molecule has 134 valence electrons. The van der Waals surface area contributed by atoms with Gasteiger partial charge in [-0.2, -0.15) is 0 Å². The quantitative estimate of drug-likeness (QED) is 0.767. The van der Waals surface area contributed by atoms with Crippen molar-refractivity contribution in [1.29, 1.82) is 0 Å². The number of aromatic nitrogens is 3. The first-order valence-corrected chi connectivity index (χ1v) is 9.60. The standard InChI is InChI=1S/C19H21N5OS/c1-14-7-2-3-9-16(14)20-17(25)15-8-6-12-24(13-15)19-22-21-18(26-19)23-10-4-5-11-23/h2-5,7,9-11,15H,6,8,12-13H2,1H3,(H,20,25). The van der Waals surface area contributed by atoms with Crippen molar-refractivity contribution in [2.75, 3.05) is 23.3 Å². The van der Waals surface area contributed by atoms with Crippen molar-refractivity contribution in [2.24, 2.45) is 5.92 Å². The van der Waals surface area contributed by atoms with Crippen molar-refractivity contribution in [3.05, 3.63) is 54.4 Å². The third kappa shape index (κ3) is 3.48. The molecule has 1 N–H and O–H groups in total. The molecule has 7 heteroatoms. The summed E-state index contributed by atoms with van der Waals surface area (Å²) in [5, 5.41) is 13.4. The first-order chi connectivity index (χ1) is 12.7. The van der Waals surface area contributed by atoms with Gasteiger partial charge in [0.25, 0.3) is 0 Å². The molecule has 6 nitrogen and oxygen atoms in total. The topological polar surface area (TPSA) is 63.1 Å². The van der Waals surface area contributed by atoms with Crippen LogP contribution in [0, 0.1) is 12.8 Å². The summed E-state index contributed by atoms with van der Waals surface area (Å²) in [5.74, 6) is 0.0430. The van der Waals surface area contributed by atoms with Crippen LogP contribution in [0.3, 0.4) is 0 Å². The van der Waals surface area contributed by atoms with Gasteiger partial charge in [-0.15, -0.1) is 10.2 Å². The highest BCUT2D eigenvalue weighted by atomic mass is 32.1. The predicted octanol–water partition coefficient (Wildman–Crippen LogP) is 3.49.